The normalized spacial score (nSPS) is 23.9. The number of carbonyl (C=O) groups is 1. The van der Waals surface area contributed by atoms with E-state index in [4.69, 9.17) is 0 Å². The predicted molar refractivity (Wildman–Crippen MR) is 107 cm³/mol. The van der Waals surface area contributed by atoms with Crippen molar-refractivity contribution >= 4 is 11.6 Å². The van der Waals surface area contributed by atoms with Crippen molar-refractivity contribution in [2.75, 3.05) is 57.3 Å². The van der Waals surface area contributed by atoms with E-state index < -0.39 is 5.60 Å². The molecule has 2 N–H and O–H groups in total. The lowest BCUT2D eigenvalue weighted by molar-refractivity contribution is -0.129. The zero-order chi connectivity index (χ0) is 19.4. The van der Waals surface area contributed by atoms with E-state index in [0.717, 1.165) is 39.0 Å². The van der Waals surface area contributed by atoms with E-state index in [1.807, 2.05) is 4.90 Å². The topological polar surface area (TPSA) is 67.2 Å². The molecular formula is C21H33N3O3. The first-order valence-electron chi connectivity index (χ1n) is 10.0. The highest BCUT2D eigenvalue weighted by Crippen LogP contribution is 2.29. The first-order chi connectivity index (χ1) is 12.9. The SMILES string of the molecule is CC(=O)N1CCN(CC2(O)CCN(c3ccccc3C)CC2)C[C@@H](CO)C1. The van der Waals surface area contributed by atoms with Crippen molar-refractivity contribution in [1.82, 2.24) is 9.80 Å². The number of benzene rings is 1. The van der Waals surface area contributed by atoms with Gasteiger partial charge >= 0.3 is 0 Å². The second-order valence-electron chi connectivity index (χ2n) is 8.25. The highest BCUT2D eigenvalue weighted by Gasteiger charge is 2.36. The highest BCUT2D eigenvalue weighted by molar-refractivity contribution is 5.73. The molecule has 0 aliphatic carbocycles. The summed E-state index contributed by atoms with van der Waals surface area (Å²) >= 11 is 0. The van der Waals surface area contributed by atoms with Gasteiger partial charge in [0.15, 0.2) is 0 Å². The Labute approximate surface area is 162 Å². The minimum absolute atomic E-state index is 0.0482. The third-order valence-electron chi connectivity index (χ3n) is 6.05. The Morgan fingerprint density at radius 2 is 1.85 bits per heavy atom. The van der Waals surface area contributed by atoms with Gasteiger partial charge in [0.1, 0.15) is 0 Å². The van der Waals surface area contributed by atoms with Crippen molar-refractivity contribution < 1.29 is 15.0 Å². The molecule has 2 aliphatic heterocycles. The Kier molecular flexibility index (Phi) is 6.40. The third-order valence-corrected chi connectivity index (χ3v) is 6.05. The number of piperidine rings is 1. The quantitative estimate of drug-likeness (QED) is 0.825. The van der Waals surface area contributed by atoms with Gasteiger partial charge in [-0.05, 0) is 31.4 Å². The van der Waals surface area contributed by atoms with E-state index in [1.165, 1.54) is 11.3 Å². The lowest BCUT2D eigenvalue weighted by Gasteiger charge is -2.42. The van der Waals surface area contributed by atoms with Crippen LogP contribution in [0.5, 0.6) is 0 Å². The summed E-state index contributed by atoms with van der Waals surface area (Å²) in [5.74, 6) is 0.104. The Morgan fingerprint density at radius 1 is 1.15 bits per heavy atom. The van der Waals surface area contributed by atoms with Gasteiger partial charge in [0.2, 0.25) is 5.91 Å². The predicted octanol–water partition coefficient (Wildman–Crippen LogP) is 1.10. The molecule has 27 heavy (non-hydrogen) atoms. The molecule has 2 fully saturated rings. The van der Waals surface area contributed by atoms with Gasteiger partial charge < -0.3 is 20.0 Å². The molecule has 150 valence electrons. The van der Waals surface area contributed by atoms with Crippen molar-refractivity contribution in [2.45, 2.75) is 32.3 Å². The Hall–Kier alpha value is -1.63. The fourth-order valence-corrected chi connectivity index (χ4v) is 4.38. The second-order valence-corrected chi connectivity index (χ2v) is 8.25. The minimum Gasteiger partial charge on any atom is -0.396 e. The first-order valence-corrected chi connectivity index (χ1v) is 10.0. The van der Waals surface area contributed by atoms with Gasteiger partial charge in [0.25, 0.3) is 0 Å². The number of β-amino-alcohol motifs (C(OH)–C–C–N with tert-alkyl or cyclic N) is 1. The molecule has 1 amide bonds. The number of hydrogen-bond donors (Lipinski definition) is 2. The summed E-state index contributed by atoms with van der Waals surface area (Å²) in [4.78, 5) is 18.1. The van der Waals surface area contributed by atoms with Crippen LogP contribution in [0.15, 0.2) is 24.3 Å². The third kappa shape index (κ3) is 5.00. The fraction of sp³-hybridized carbons (Fsp3) is 0.667. The average molecular weight is 376 g/mol. The molecule has 0 bridgehead atoms. The molecule has 6 nitrogen and oxygen atoms in total. The van der Waals surface area contributed by atoms with Gasteiger partial charge in [-0.25, -0.2) is 0 Å². The number of aliphatic hydroxyl groups is 2. The van der Waals surface area contributed by atoms with E-state index in [0.29, 0.717) is 19.6 Å². The summed E-state index contributed by atoms with van der Waals surface area (Å²) < 4.78 is 0. The molecule has 0 radical (unpaired) electrons. The van der Waals surface area contributed by atoms with Crippen LogP contribution in [0, 0.1) is 12.8 Å². The van der Waals surface area contributed by atoms with Gasteiger partial charge in [-0.2, -0.15) is 0 Å². The molecule has 2 aliphatic rings. The maximum Gasteiger partial charge on any atom is 0.219 e. The maximum absolute atomic E-state index is 11.7. The molecule has 1 atom stereocenters. The average Bonchev–Trinajstić information content (AvgIpc) is 2.85. The number of aliphatic hydroxyl groups excluding tert-OH is 1. The lowest BCUT2D eigenvalue weighted by Crippen LogP contribution is -2.52. The van der Waals surface area contributed by atoms with Crippen molar-refractivity contribution in [3.05, 3.63) is 29.8 Å². The van der Waals surface area contributed by atoms with E-state index in [9.17, 15) is 15.0 Å². The largest absolute Gasteiger partial charge is 0.396 e. The van der Waals surface area contributed by atoms with Crippen LogP contribution in [0.25, 0.3) is 0 Å². The number of anilines is 1. The smallest absolute Gasteiger partial charge is 0.219 e. The van der Waals surface area contributed by atoms with Gasteiger partial charge in [-0.1, -0.05) is 18.2 Å². The minimum atomic E-state index is -0.704. The zero-order valence-electron chi connectivity index (χ0n) is 16.6. The summed E-state index contributed by atoms with van der Waals surface area (Å²) in [6.07, 6.45) is 1.47. The van der Waals surface area contributed by atoms with Gasteiger partial charge in [0, 0.05) is 70.9 Å². The van der Waals surface area contributed by atoms with Crippen LogP contribution < -0.4 is 4.90 Å². The zero-order valence-corrected chi connectivity index (χ0v) is 16.6. The molecule has 6 heteroatoms. The summed E-state index contributed by atoms with van der Waals surface area (Å²) in [5.41, 5.74) is 1.82. The molecular weight excluding hydrogens is 342 g/mol. The summed E-state index contributed by atoms with van der Waals surface area (Å²) in [6, 6.07) is 8.40. The van der Waals surface area contributed by atoms with Crippen LogP contribution in [0.1, 0.15) is 25.3 Å². The monoisotopic (exact) mass is 375 g/mol. The Morgan fingerprint density at radius 3 is 2.48 bits per heavy atom. The molecule has 2 heterocycles. The van der Waals surface area contributed by atoms with E-state index in [1.54, 1.807) is 6.92 Å². The number of nitrogens with zero attached hydrogens (tertiary/aromatic N) is 3. The maximum atomic E-state index is 11.7. The number of amides is 1. The molecule has 3 rings (SSSR count). The standard InChI is InChI=1S/C21H33N3O3/c1-17-5-3-4-6-20(17)23-9-7-21(27,8-10-23)16-22-11-12-24(18(2)26)14-19(13-22)15-25/h3-6,19,25,27H,7-16H2,1-2H3/t19-/m1/s1. The van der Waals surface area contributed by atoms with Crippen molar-refractivity contribution in [3.63, 3.8) is 0 Å². The molecule has 2 saturated heterocycles. The molecule has 0 saturated carbocycles. The van der Waals surface area contributed by atoms with Crippen LogP contribution in [0.3, 0.4) is 0 Å². The highest BCUT2D eigenvalue weighted by atomic mass is 16.3. The lowest BCUT2D eigenvalue weighted by atomic mass is 9.90. The van der Waals surface area contributed by atoms with Crippen LogP contribution >= 0.6 is 0 Å². The van der Waals surface area contributed by atoms with Crippen molar-refractivity contribution in [1.29, 1.82) is 0 Å². The van der Waals surface area contributed by atoms with Gasteiger partial charge in [-0.3, -0.25) is 9.69 Å². The van der Waals surface area contributed by atoms with Gasteiger partial charge in [-0.15, -0.1) is 0 Å². The number of rotatable bonds is 4. The second kappa shape index (κ2) is 8.59. The molecule has 0 unspecified atom stereocenters. The van der Waals surface area contributed by atoms with Crippen molar-refractivity contribution in [3.8, 4) is 0 Å². The van der Waals surface area contributed by atoms with E-state index >= 15 is 0 Å². The van der Waals surface area contributed by atoms with Crippen LogP contribution in [0.4, 0.5) is 5.69 Å². The molecule has 0 spiro atoms. The first kappa shape index (κ1) is 20.1. The van der Waals surface area contributed by atoms with Crippen molar-refractivity contribution in [2.24, 2.45) is 5.92 Å². The van der Waals surface area contributed by atoms with Crippen LogP contribution in [-0.2, 0) is 4.79 Å². The van der Waals surface area contributed by atoms with Crippen LogP contribution in [0.2, 0.25) is 0 Å². The number of hydrogen-bond acceptors (Lipinski definition) is 5. The Bertz CT molecular complexity index is 643. The fourth-order valence-electron chi connectivity index (χ4n) is 4.38. The summed E-state index contributed by atoms with van der Waals surface area (Å²) in [6.45, 7) is 8.82. The van der Waals surface area contributed by atoms with Gasteiger partial charge in [0.05, 0.1) is 5.60 Å². The number of carbonyl (C=O) groups excluding carboxylic acids is 1. The van der Waals surface area contributed by atoms with Crippen LogP contribution in [-0.4, -0.2) is 83.9 Å². The molecule has 1 aromatic carbocycles. The number of para-hydroxylation sites is 1. The Balaban J connectivity index is 1.59. The molecule has 1 aromatic rings. The van der Waals surface area contributed by atoms with E-state index in [2.05, 4.69) is 41.0 Å². The van der Waals surface area contributed by atoms with E-state index in [-0.39, 0.29) is 18.4 Å². The summed E-state index contributed by atoms with van der Waals surface area (Å²) in [5, 5.41) is 20.8. The number of aryl methyl sites for hydroxylation is 1. The molecule has 0 aromatic heterocycles. The summed E-state index contributed by atoms with van der Waals surface area (Å²) in [7, 11) is 0.